The van der Waals surface area contributed by atoms with Crippen LogP contribution in [-0.4, -0.2) is 72.5 Å². The molecule has 2 atom stereocenters. The number of amides is 2. The van der Waals surface area contributed by atoms with Crippen molar-refractivity contribution >= 4 is 37.6 Å². The summed E-state index contributed by atoms with van der Waals surface area (Å²) in [6.07, 6.45) is 5.61. The van der Waals surface area contributed by atoms with Gasteiger partial charge in [-0.05, 0) is 51.5 Å². The van der Waals surface area contributed by atoms with E-state index >= 15 is 0 Å². The van der Waals surface area contributed by atoms with E-state index in [1.807, 2.05) is 13.8 Å². The largest absolute Gasteiger partial charge is 0.458 e. The maximum Gasteiger partial charge on any atom is 0.251 e. The van der Waals surface area contributed by atoms with E-state index in [-0.39, 0.29) is 24.5 Å². The highest BCUT2D eigenvalue weighted by atomic mass is 35.5. The molecule has 0 unspecified atom stereocenters. The van der Waals surface area contributed by atoms with Crippen molar-refractivity contribution in [1.29, 1.82) is 0 Å². The van der Waals surface area contributed by atoms with Gasteiger partial charge in [-0.25, -0.2) is 0 Å². The zero-order valence-corrected chi connectivity index (χ0v) is 26.3. The van der Waals surface area contributed by atoms with E-state index < -0.39 is 20.1 Å². The number of carbonyl (C=O) groups excluding carboxylic acids is 2. The van der Waals surface area contributed by atoms with Gasteiger partial charge in [0.25, 0.3) is 5.91 Å². The van der Waals surface area contributed by atoms with E-state index in [0.717, 1.165) is 18.9 Å². The molecule has 1 N–H and O–H groups in total. The van der Waals surface area contributed by atoms with Crippen LogP contribution in [-0.2, 0) is 30.0 Å². The number of aromatic nitrogens is 2. The number of para-hydroxylation sites is 1. The van der Waals surface area contributed by atoms with Gasteiger partial charge < -0.3 is 28.9 Å². The van der Waals surface area contributed by atoms with Crippen molar-refractivity contribution in [3.05, 3.63) is 53.4 Å². The molecule has 3 heterocycles. The summed E-state index contributed by atoms with van der Waals surface area (Å²) >= 11 is 6.24. The Kier molecular flexibility index (Phi) is 10.3. The number of halogens is 1. The van der Waals surface area contributed by atoms with E-state index in [9.17, 15) is 9.59 Å². The minimum atomic E-state index is -1.88. The Labute approximate surface area is 248 Å². The van der Waals surface area contributed by atoms with Gasteiger partial charge in [0.05, 0.1) is 24.7 Å². The predicted molar refractivity (Wildman–Crippen MR) is 159 cm³/mol. The van der Waals surface area contributed by atoms with Crippen molar-refractivity contribution < 1.29 is 28.2 Å². The lowest BCUT2D eigenvalue weighted by molar-refractivity contribution is -0.139. The van der Waals surface area contributed by atoms with Crippen molar-refractivity contribution in [3.8, 4) is 5.75 Å². The lowest BCUT2D eigenvalue weighted by atomic mass is 10.1. The molecule has 4 rings (SSSR count). The Morgan fingerprint density at radius 1 is 1.29 bits per heavy atom. The highest BCUT2D eigenvalue weighted by Gasteiger charge is 2.36. The minimum Gasteiger partial charge on any atom is -0.458 e. The van der Waals surface area contributed by atoms with Gasteiger partial charge in [-0.3, -0.25) is 14.3 Å². The van der Waals surface area contributed by atoms with Crippen LogP contribution in [0.4, 0.5) is 5.82 Å². The first kappa shape index (κ1) is 31.2. The van der Waals surface area contributed by atoms with Gasteiger partial charge in [-0.2, -0.15) is 5.10 Å². The Morgan fingerprint density at radius 2 is 2.07 bits per heavy atom. The summed E-state index contributed by atoms with van der Waals surface area (Å²) in [6, 6.07) is 9.05. The Balaban J connectivity index is 1.42. The molecule has 0 spiro atoms. The number of nitrogens with zero attached hydrogens (tertiary/aromatic N) is 3. The summed E-state index contributed by atoms with van der Waals surface area (Å²) in [4.78, 5) is 28.2. The highest BCUT2D eigenvalue weighted by Crippen LogP contribution is 2.28. The van der Waals surface area contributed by atoms with Gasteiger partial charge in [0.2, 0.25) is 5.91 Å². The molecule has 0 aliphatic carbocycles. The van der Waals surface area contributed by atoms with Crippen LogP contribution in [0.25, 0.3) is 0 Å². The predicted octanol–water partition coefficient (Wildman–Crippen LogP) is 5.21. The van der Waals surface area contributed by atoms with Crippen molar-refractivity contribution in [1.82, 2.24) is 14.7 Å². The number of nitrogens with one attached hydrogen (secondary N) is 1. The van der Waals surface area contributed by atoms with E-state index in [4.69, 9.17) is 30.2 Å². The SMILES string of the molecule is CCCC[Si](C)(C)OCC[C@@H](C(=O)Nc1ccn(C[C@@H]2COC(C)(C)O2)n1)N1CC(Oc2ccccc2Cl)=CC1=O. The second-order valence-corrected chi connectivity index (χ2v) is 16.2. The van der Waals surface area contributed by atoms with Gasteiger partial charge in [0.1, 0.15) is 23.7 Å². The number of anilines is 1. The summed E-state index contributed by atoms with van der Waals surface area (Å²) in [5, 5.41) is 7.82. The molecule has 0 radical (unpaired) electrons. The average Bonchev–Trinajstić information content (AvgIpc) is 3.60. The van der Waals surface area contributed by atoms with Crippen LogP contribution < -0.4 is 10.1 Å². The van der Waals surface area contributed by atoms with Gasteiger partial charge in [-0.15, -0.1) is 0 Å². The summed E-state index contributed by atoms with van der Waals surface area (Å²) in [5.74, 6) is 0.00134. The molecule has 41 heavy (non-hydrogen) atoms. The number of rotatable bonds is 14. The Hall–Kier alpha value is -2.70. The van der Waals surface area contributed by atoms with Crippen molar-refractivity contribution in [3.63, 3.8) is 0 Å². The van der Waals surface area contributed by atoms with Crippen LogP contribution >= 0.6 is 11.6 Å². The molecule has 2 amide bonds. The fraction of sp³-hybridized carbons (Fsp3) is 0.552. The van der Waals surface area contributed by atoms with E-state index in [0.29, 0.717) is 48.5 Å². The van der Waals surface area contributed by atoms with Gasteiger partial charge in [0, 0.05) is 24.9 Å². The van der Waals surface area contributed by atoms with Crippen LogP contribution in [0.5, 0.6) is 5.75 Å². The molecular weight excluding hydrogens is 564 g/mol. The number of hydrogen-bond acceptors (Lipinski definition) is 7. The fourth-order valence-corrected chi connectivity index (χ4v) is 7.05. The molecular formula is C29H41ClN4O6Si. The van der Waals surface area contributed by atoms with Crippen molar-refractivity contribution in [2.24, 2.45) is 0 Å². The molecule has 1 fully saturated rings. The molecule has 1 aromatic carbocycles. The van der Waals surface area contributed by atoms with E-state index in [1.165, 1.54) is 11.0 Å². The molecule has 2 aliphatic heterocycles. The third-order valence-electron chi connectivity index (χ3n) is 7.02. The average molecular weight is 605 g/mol. The molecule has 12 heteroatoms. The first-order valence-electron chi connectivity index (χ1n) is 14.2. The maximum absolute atomic E-state index is 13.6. The van der Waals surface area contributed by atoms with Gasteiger partial charge >= 0.3 is 0 Å². The van der Waals surface area contributed by atoms with Crippen LogP contribution in [0.3, 0.4) is 0 Å². The van der Waals surface area contributed by atoms with Crippen LogP contribution in [0.2, 0.25) is 24.2 Å². The molecule has 0 saturated carbocycles. The first-order chi connectivity index (χ1) is 19.4. The van der Waals surface area contributed by atoms with Gasteiger partial charge in [-0.1, -0.05) is 43.5 Å². The number of benzene rings is 1. The summed E-state index contributed by atoms with van der Waals surface area (Å²) in [6.45, 7) is 11.7. The van der Waals surface area contributed by atoms with Crippen LogP contribution in [0.15, 0.2) is 48.4 Å². The van der Waals surface area contributed by atoms with Crippen molar-refractivity contribution in [2.45, 2.75) is 83.6 Å². The molecule has 2 aromatic rings. The van der Waals surface area contributed by atoms with Gasteiger partial charge in [0.15, 0.2) is 19.9 Å². The van der Waals surface area contributed by atoms with E-state index in [1.54, 1.807) is 41.2 Å². The summed E-state index contributed by atoms with van der Waals surface area (Å²) < 4.78 is 25.4. The standard InChI is InChI=1S/C29H41ClN4O6Si/c1-6-7-16-41(4,5)38-15-13-24(34-19-21(17-27(34)35)39-25-11-9-8-10-23(25)30)28(36)31-26-12-14-33(32-26)18-22-20-37-29(2,3)40-22/h8-12,14,17,22,24H,6-7,13,15-16,18-20H2,1-5H3,(H,31,32,36)/t22-,24+/m1/s1. The second-order valence-electron chi connectivity index (χ2n) is 11.5. The minimum absolute atomic E-state index is 0.136. The van der Waals surface area contributed by atoms with E-state index in [2.05, 4.69) is 30.4 Å². The highest BCUT2D eigenvalue weighted by molar-refractivity contribution is 6.71. The maximum atomic E-state index is 13.6. The fourth-order valence-electron chi connectivity index (χ4n) is 4.86. The Bertz CT molecular complexity index is 1250. The number of unbranched alkanes of at least 4 members (excludes halogenated alkanes) is 1. The topological polar surface area (TPSA) is 104 Å². The molecule has 10 nitrogen and oxygen atoms in total. The number of hydrogen-bond donors (Lipinski definition) is 1. The summed E-state index contributed by atoms with van der Waals surface area (Å²) in [5.41, 5.74) is 0. The molecule has 1 saturated heterocycles. The third kappa shape index (κ3) is 8.89. The van der Waals surface area contributed by atoms with Crippen LogP contribution in [0.1, 0.15) is 40.0 Å². The number of carbonyl (C=O) groups is 2. The monoisotopic (exact) mass is 604 g/mol. The van der Waals surface area contributed by atoms with Crippen molar-refractivity contribution in [2.75, 3.05) is 25.1 Å². The third-order valence-corrected chi connectivity index (χ3v) is 9.87. The summed E-state index contributed by atoms with van der Waals surface area (Å²) in [7, 11) is -1.88. The lowest BCUT2D eigenvalue weighted by Crippen LogP contribution is -2.46. The first-order valence-corrected chi connectivity index (χ1v) is 17.7. The lowest BCUT2D eigenvalue weighted by Gasteiger charge is -2.29. The zero-order valence-electron chi connectivity index (χ0n) is 24.5. The molecule has 0 bridgehead atoms. The van der Waals surface area contributed by atoms with Crippen LogP contribution in [0, 0.1) is 0 Å². The zero-order chi connectivity index (χ0) is 29.6. The smallest absolute Gasteiger partial charge is 0.251 e. The quantitative estimate of drug-likeness (QED) is 0.295. The Morgan fingerprint density at radius 3 is 2.78 bits per heavy atom. The molecule has 1 aromatic heterocycles. The molecule has 2 aliphatic rings. The number of ether oxygens (including phenoxy) is 3. The normalized spacial score (nSPS) is 19.4. The molecule has 224 valence electrons. The second kappa shape index (κ2) is 13.5.